The van der Waals surface area contributed by atoms with E-state index in [1.807, 2.05) is 12.1 Å². The minimum atomic E-state index is 0.526. The van der Waals surface area contributed by atoms with Crippen LogP contribution in [-0.4, -0.2) is 0 Å². The first-order valence-corrected chi connectivity index (χ1v) is 8.21. The fourth-order valence-electron chi connectivity index (χ4n) is 2.25. The predicted molar refractivity (Wildman–Crippen MR) is 92.9 cm³/mol. The number of rotatable bonds is 4. The Kier molecular flexibility index (Phi) is 4.49. The van der Waals surface area contributed by atoms with Crippen molar-refractivity contribution >= 4 is 34.1 Å². The minimum Gasteiger partial charge on any atom is -0.326 e. The van der Waals surface area contributed by atoms with Crippen LogP contribution >= 0.6 is 23.4 Å². The van der Waals surface area contributed by atoms with Crippen LogP contribution in [0.4, 0.5) is 0 Å². The van der Waals surface area contributed by atoms with E-state index in [1.165, 1.54) is 15.7 Å². The normalized spacial score (nSPS) is 11.0. The van der Waals surface area contributed by atoms with Gasteiger partial charge in [0.1, 0.15) is 0 Å². The van der Waals surface area contributed by atoms with Crippen LogP contribution in [0.3, 0.4) is 0 Å². The Morgan fingerprint density at radius 1 is 0.905 bits per heavy atom. The van der Waals surface area contributed by atoms with Crippen LogP contribution in [0.1, 0.15) is 11.1 Å². The fourth-order valence-corrected chi connectivity index (χ4v) is 3.55. The third kappa shape index (κ3) is 3.41. The number of benzene rings is 3. The molecule has 0 aliphatic heterocycles. The van der Waals surface area contributed by atoms with Crippen molar-refractivity contribution in [2.75, 3.05) is 0 Å². The topological polar surface area (TPSA) is 26.0 Å². The number of halogens is 1. The predicted octanol–water partition coefficient (Wildman–Crippen LogP) is 5.24. The van der Waals surface area contributed by atoms with Crippen LogP contribution in [0, 0.1) is 0 Å². The van der Waals surface area contributed by atoms with Gasteiger partial charge in [0.15, 0.2) is 0 Å². The second kappa shape index (κ2) is 6.52. The molecule has 0 fully saturated rings. The van der Waals surface area contributed by atoms with Gasteiger partial charge in [-0.3, -0.25) is 0 Å². The molecule has 0 radical (unpaired) electrons. The van der Waals surface area contributed by atoms with Crippen LogP contribution in [0.25, 0.3) is 10.8 Å². The summed E-state index contributed by atoms with van der Waals surface area (Å²) >= 11 is 8.10. The molecule has 3 aromatic rings. The van der Waals surface area contributed by atoms with E-state index in [2.05, 4.69) is 48.5 Å². The summed E-state index contributed by atoms with van der Waals surface area (Å²) in [4.78, 5) is 1.26. The van der Waals surface area contributed by atoms with Gasteiger partial charge in [0.25, 0.3) is 0 Å². The van der Waals surface area contributed by atoms with Gasteiger partial charge in [-0.15, -0.1) is 11.8 Å². The van der Waals surface area contributed by atoms with E-state index < -0.39 is 0 Å². The van der Waals surface area contributed by atoms with Crippen molar-refractivity contribution in [3.8, 4) is 0 Å². The molecule has 1 nitrogen and oxygen atoms in total. The van der Waals surface area contributed by atoms with Gasteiger partial charge in [-0.05, 0) is 40.1 Å². The van der Waals surface area contributed by atoms with Crippen molar-refractivity contribution in [3.63, 3.8) is 0 Å². The molecular formula is C18H16ClNS. The molecule has 0 atom stereocenters. The molecule has 0 saturated carbocycles. The molecule has 0 amide bonds. The molecule has 0 heterocycles. The maximum absolute atomic E-state index is 6.30. The molecule has 0 aliphatic rings. The third-order valence-corrected chi connectivity index (χ3v) is 4.86. The molecular weight excluding hydrogens is 298 g/mol. The Morgan fingerprint density at radius 3 is 2.48 bits per heavy atom. The van der Waals surface area contributed by atoms with Gasteiger partial charge in [-0.2, -0.15) is 0 Å². The Balaban J connectivity index is 1.77. The number of hydrogen-bond acceptors (Lipinski definition) is 2. The van der Waals surface area contributed by atoms with E-state index in [-0.39, 0.29) is 0 Å². The summed E-state index contributed by atoms with van der Waals surface area (Å²) in [5.74, 6) is 0.863. The highest BCUT2D eigenvalue weighted by molar-refractivity contribution is 7.98. The summed E-state index contributed by atoms with van der Waals surface area (Å²) in [6.45, 7) is 0.526. The zero-order valence-electron chi connectivity index (χ0n) is 11.6. The number of nitrogens with two attached hydrogens (primary N) is 1. The Hall–Kier alpha value is -1.48. The van der Waals surface area contributed by atoms with Crippen molar-refractivity contribution in [1.29, 1.82) is 0 Å². The molecule has 0 bridgehead atoms. The smallest absolute Gasteiger partial charge is 0.0449 e. The van der Waals surface area contributed by atoms with E-state index >= 15 is 0 Å². The van der Waals surface area contributed by atoms with Crippen molar-refractivity contribution < 1.29 is 0 Å². The molecule has 3 heteroatoms. The molecule has 3 aromatic carbocycles. The van der Waals surface area contributed by atoms with E-state index in [0.717, 1.165) is 21.9 Å². The van der Waals surface area contributed by atoms with Crippen LogP contribution in [0.5, 0.6) is 0 Å². The fraction of sp³-hybridized carbons (Fsp3) is 0.111. The number of thioether (sulfide) groups is 1. The molecule has 0 unspecified atom stereocenters. The Labute approximate surface area is 134 Å². The summed E-state index contributed by atoms with van der Waals surface area (Å²) in [6.07, 6.45) is 0. The third-order valence-electron chi connectivity index (χ3n) is 3.47. The highest BCUT2D eigenvalue weighted by Gasteiger charge is 2.03. The Morgan fingerprint density at radius 2 is 1.71 bits per heavy atom. The van der Waals surface area contributed by atoms with E-state index in [9.17, 15) is 0 Å². The molecule has 21 heavy (non-hydrogen) atoms. The number of fused-ring (bicyclic) bond motifs is 1. The summed E-state index contributed by atoms with van der Waals surface area (Å²) in [7, 11) is 0. The molecule has 2 N–H and O–H groups in total. The standard InChI is InChI=1S/C18H16ClNS/c19-18-9-13(11-20)5-6-16(18)12-21-17-8-7-14-3-1-2-4-15(14)10-17/h1-10H,11-12,20H2. The summed E-state index contributed by atoms with van der Waals surface area (Å²) in [5.41, 5.74) is 7.84. The lowest BCUT2D eigenvalue weighted by Crippen LogP contribution is -1.96. The zero-order chi connectivity index (χ0) is 14.7. The van der Waals surface area contributed by atoms with Crippen molar-refractivity contribution in [1.82, 2.24) is 0 Å². The van der Waals surface area contributed by atoms with E-state index in [1.54, 1.807) is 11.8 Å². The molecule has 0 aliphatic carbocycles. The highest BCUT2D eigenvalue weighted by atomic mass is 35.5. The monoisotopic (exact) mass is 313 g/mol. The SMILES string of the molecule is NCc1ccc(CSc2ccc3ccccc3c2)c(Cl)c1. The average Bonchev–Trinajstić information content (AvgIpc) is 2.53. The Bertz CT molecular complexity index is 770. The maximum atomic E-state index is 6.30. The second-order valence-electron chi connectivity index (χ2n) is 4.93. The summed E-state index contributed by atoms with van der Waals surface area (Å²) in [6, 6.07) is 21.0. The van der Waals surface area contributed by atoms with Gasteiger partial charge in [0.2, 0.25) is 0 Å². The van der Waals surface area contributed by atoms with E-state index in [4.69, 9.17) is 17.3 Å². The van der Waals surface area contributed by atoms with Crippen molar-refractivity contribution in [2.24, 2.45) is 5.73 Å². The van der Waals surface area contributed by atoms with Crippen molar-refractivity contribution in [2.45, 2.75) is 17.2 Å². The van der Waals surface area contributed by atoms with Crippen LogP contribution in [0.2, 0.25) is 5.02 Å². The molecule has 106 valence electrons. The largest absolute Gasteiger partial charge is 0.326 e. The second-order valence-corrected chi connectivity index (χ2v) is 6.38. The zero-order valence-corrected chi connectivity index (χ0v) is 13.1. The van der Waals surface area contributed by atoms with Gasteiger partial charge >= 0.3 is 0 Å². The summed E-state index contributed by atoms with van der Waals surface area (Å²) in [5, 5.41) is 3.34. The first kappa shape index (κ1) is 14.5. The average molecular weight is 314 g/mol. The van der Waals surface area contributed by atoms with Gasteiger partial charge in [0.05, 0.1) is 0 Å². The quantitative estimate of drug-likeness (QED) is 0.666. The van der Waals surface area contributed by atoms with Gasteiger partial charge in [-0.1, -0.05) is 54.1 Å². The summed E-state index contributed by atoms with van der Waals surface area (Å²) < 4.78 is 0. The lowest BCUT2D eigenvalue weighted by atomic mass is 10.1. The van der Waals surface area contributed by atoms with E-state index in [0.29, 0.717) is 6.54 Å². The molecule has 3 rings (SSSR count). The number of hydrogen-bond donors (Lipinski definition) is 1. The first-order chi connectivity index (χ1) is 10.3. The molecule has 0 saturated heterocycles. The van der Waals surface area contributed by atoms with Gasteiger partial charge in [-0.25, -0.2) is 0 Å². The van der Waals surface area contributed by atoms with Crippen LogP contribution in [-0.2, 0) is 12.3 Å². The minimum absolute atomic E-state index is 0.526. The molecule has 0 aromatic heterocycles. The first-order valence-electron chi connectivity index (χ1n) is 6.85. The maximum Gasteiger partial charge on any atom is 0.0449 e. The van der Waals surface area contributed by atoms with Crippen LogP contribution < -0.4 is 5.73 Å². The van der Waals surface area contributed by atoms with Crippen LogP contribution in [0.15, 0.2) is 65.6 Å². The molecule has 0 spiro atoms. The van der Waals surface area contributed by atoms with Gasteiger partial charge in [0, 0.05) is 22.2 Å². The lowest BCUT2D eigenvalue weighted by Gasteiger charge is -2.07. The van der Waals surface area contributed by atoms with Crippen molar-refractivity contribution in [3.05, 3.63) is 76.8 Å². The lowest BCUT2D eigenvalue weighted by molar-refractivity contribution is 1.07. The van der Waals surface area contributed by atoms with Gasteiger partial charge < -0.3 is 5.73 Å². The highest BCUT2D eigenvalue weighted by Crippen LogP contribution is 2.29.